The average molecular weight is 1620 g/mol. The molecule has 0 heterocycles. The van der Waals surface area contributed by atoms with Crippen molar-refractivity contribution >= 4 is 43.7 Å². The quantitative estimate of drug-likeness (QED) is 0.0210. The second kappa shape index (κ2) is 43.0. The predicted octanol–water partition coefficient (Wildman–Crippen LogP) is 19.8. The fourth-order valence-corrected chi connectivity index (χ4v) is 12.1. The van der Waals surface area contributed by atoms with Gasteiger partial charge in [0.1, 0.15) is 74.4 Å². The van der Waals surface area contributed by atoms with Gasteiger partial charge in [-0.3, -0.25) is 9.59 Å². The maximum absolute atomic E-state index is 14.5. The highest BCUT2D eigenvalue weighted by molar-refractivity contribution is 9.09. The average Bonchev–Trinajstić information content (AvgIpc) is 0.782. The van der Waals surface area contributed by atoms with Gasteiger partial charge in [-0.25, -0.2) is 0 Å². The number of halogens is 2. The van der Waals surface area contributed by atoms with Crippen molar-refractivity contribution in [3.63, 3.8) is 0 Å². The molecule has 16 nitrogen and oxygen atoms in total. The molecule has 2 N–H and O–H groups in total. The number of amides is 2. The summed E-state index contributed by atoms with van der Waals surface area (Å²) in [6.45, 7) is 32.3. The van der Waals surface area contributed by atoms with Crippen molar-refractivity contribution in [1.82, 2.24) is 10.6 Å². The van der Waals surface area contributed by atoms with Crippen LogP contribution >= 0.6 is 31.9 Å². The molecule has 0 atom stereocenters. The Morgan fingerprint density at radius 2 is 0.422 bits per heavy atom. The topological polar surface area (TPSA) is 169 Å². The Hall–Kier alpha value is -8.74. The Kier molecular flexibility index (Phi) is 33.9. The summed E-state index contributed by atoms with van der Waals surface area (Å²) in [5.41, 5.74) is 5.37. The zero-order valence-corrected chi connectivity index (χ0v) is 69.4. The molecule has 0 aromatic heterocycles. The Labute approximate surface area is 665 Å². The lowest BCUT2D eigenvalue weighted by molar-refractivity contribution is -0.143. The molecule has 109 heavy (non-hydrogen) atoms. The van der Waals surface area contributed by atoms with Crippen LogP contribution in [0.3, 0.4) is 0 Å². The molecule has 0 radical (unpaired) electrons. The number of carbonyl (C=O) groups is 2. The zero-order valence-electron chi connectivity index (χ0n) is 66.3. The maximum Gasteiger partial charge on any atom is 0.236 e. The number of benzene rings is 8. The second-order valence-electron chi connectivity index (χ2n) is 31.3. The first-order valence-electron chi connectivity index (χ1n) is 38.4. The van der Waals surface area contributed by atoms with E-state index in [1.807, 2.05) is 133 Å². The van der Waals surface area contributed by atoms with Gasteiger partial charge < -0.3 is 67.5 Å². The first-order chi connectivity index (χ1) is 52.2. The van der Waals surface area contributed by atoms with Gasteiger partial charge >= 0.3 is 0 Å². The van der Waals surface area contributed by atoms with Gasteiger partial charge in [0.25, 0.3) is 0 Å². The Morgan fingerprint density at radius 1 is 0.257 bits per heavy atom. The molecule has 0 aliphatic heterocycles. The highest BCUT2D eigenvalue weighted by atomic mass is 79.9. The van der Waals surface area contributed by atoms with Crippen LogP contribution in [0.25, 0.3) is 0 Å². The summed E-state index contributed by atoms with van der Waals surface area (Å²) in [7, 11) is 0. The Bertz CT molecular complexity index is 3540. The highest BCUT2D eigenvalue weighted by Gasteiger charge is 2.46. The number of nitrogens with one attached hydrogen (secondary N) is 2. The molecule has 0 fully saturated rings. The van der Waals surface area contributed by atoms with Crippen LogP contribution in [0.4, 0.5) is 0 Å². The van der Waals surface area contributed by atoms with E-state index in [1.54, 1.807) is 0 Å². The van der Waals surface area contributed by atoms with Gasteiger partial charge in [0, 0.05) is 98.7 Å². The Morgan fingerprint density at radius 3 is 0.587 bits per heavy atom. The summed E-state index contributed by atoms with van der Waals surface area (Å²) in [5.74, 6) is 7.59. The van der Waals surface area contributed by atoms with Gasteiger partial charge in [-0.15, -0.1) is 0 Å². The fourth-order valence-electron chi connectivity index (χ4n) is 11.7. The lowest BCUT2D eigenvalue weighted by Crippen LogP contribution is -2.54. The van der Waals surface area contributed by atoms with Crippen LogP contribution in [0.2, 0.25) is 0 Å². The molecule has 8 rings (SSSR count). The third-order valence-electron chi connectivity index (χ3n) is 18.0. The van der Waals surface area contributed by atoms with Gasteiger partial charge in [0.05, 0.1) is 79.3 Å². The van der Waals surface area contributed by atoms with Gasteiger partial charge in [-0.05, 0) is 141 Å². The standard InChI is InChI=1S/C91H116Br2N2O14/c1-87(2,3)69-23-35-75(36-24-69)100-49-15-55-106-81-59-79(60-82(63-81)107-56-16-50-101-76-37-25-70(26-38-76)88(4,5)6)104-53-13-47-98-73-31-19-67(20-32-73)65-91(85(96)94-45-43-92,86(97)95-46-44-93)66-68-21-33-74(34-22-68)99-48-14-54-105-80-61-83(108-57-17-51-102-77-39-27-71(28-40-77)89(7,8)9)64-84(62-80)109-58-18-52-103-78-41-29-72(30-42-78)90(10,11)12/h19-42,59-64H,13-18,43-58,65-66H2,1-12H3,(H,94,96)(H,95,97). The molecule has 0 saturated carbocycles. The molecule has 8 aromatic carbocycles. The fraction of sp³-hybridized carbons (Fsp3) is 0.451. The van der Waals surface area contributed by atoms with Crippen molar-refractivity contribution in [3.8, 4) is 69.0 Å². The maximum atomic E-state index is 14.5. The van der Waals surface area contributed by atoms with Gasteiger partial charge in [-0.1, -0.05) is 188 Å². The van der Waals surface area contributed by atoms with Crippen LogP contribution < -0.4 is 67.5 Å². The summed E-state index contributed by atoms with van der Waals surface area (Å²) in [6, 6.07) is 59.4. The molecule has 0 aliphatic rings. The van der Waals surface area contributed by atoms with Crippen LogP contribution in [-0.2, 0) is 44.1 Å². The monoisotopic (exact) mass is 1620 g/mol. The molecule has 0 unspecified atom stereocenters. The zero-order chi connectivity index (χ0) is 78.1. The number of alkyl halides is 2. The van der Waals surface area contributed by atoms with Gasteiger partial charge in [-0.2, -0.15) is 0 Å². The first kappa shape index (κ1) is 85.9. The normalized spacial score (nSPS) is 11.8. The molecule has 8 aromatic rings. The van der Waals surface area contributed by atoms with Crippen LogP contribution in [0.15, 0.2) is 182 Å². The van der Waals surface area contributed by atoms with E-state index in [1.165, 1.54) is 22.3 Å². The van der Waals surface area contributed by atoms with E-state index < -0.39 is 5.41 Å². The minimum absolute atomic E-state index is 0.0684. The van der Waals surface area contributed by atoms with Crippen LogP contribution in [-0.4, -0.2) is 115 Å². The number of hydrogen-bond acceptors (Lipinski definition) is 14. The van der Waals surface area contributed by atoms with E-state index in [0.717, 1.165) is 34.1 Å². The first-order valence-corrected chi connectivity index (χ1v) is 40.6. The Balaban J connectivity index is 0.826. The van der Waals surface area contributed by atoms with Crippen molar-refractivity contribution in [3.05, 3.63) is 215 Å². The summed E-state index contributed by atoms with van der Waals surface area (Å²) in [6.07, 6.45) is 4.12. The van der Waals surface area contributed by atoms with E-state index in [4.69, 9.17) is 56.8 Å². The molecule has 0 bridgehead atoms. The summed E-state index contributed by atoms with van der Waals surface area (Å²) in [5, 5.41) is 7.08. The smallest absolute Gasteiger partial charge is 0.236 e. The van der Waals surface area contributed by atoms with Crippen molar-refractivity contribution in [1.29, 1.82) is 0 Å². The van der Waals surface area contributed by atoms with E-state index in [0.29, 0.717) is 188 Å². The van der Waals surface area contributed by atoms with Gasteiger partial charge in [0.15, 0.2) is 0 Å². The number of carbonyl (C=O) groups excluding carboxylic acids is 2. The SMILES string of the molecule is CC(C)(C)c1ccc(OCCCOc2cc(OCCCOc3ccc(CC(Cc4ccc(OCCCOc5cc(OCCCOc6ccc(C(C)(C)C)cc6)cc(OCCCOc6ccc(C(C)(C)C)cc6)c5)cc4)(C(=O)NCCBr)C(=O)NCCBr)cc3)cc(OCCCOc3ccc(C(C)(C)C)cc3)c2)cc1. The molecular weight excluding hydrogens is 1500 g/mol. The molecule has 0 saturated heterocycles. The second-order valence-corrected chi connectivity index (χ2v) is 32.9. The third-order valence-corrected chi connectivity index (χ3v) is 18.8. The molecule has 0 aliphatic carbocycles. The van der Waals surface area contributed by atoms with Crippen LogP contribution in [0.5, 0.6) is 69.0 Å². The molecular formula is C91H116Br2N2O14. The number of hydrogen-bond donors (Lipinski definition) is 2. The third kappa shape index (κ3) is 29.9. The number of ether oxygens (including phenoxy) is 12. The summed E-state index contributed by atoms with van der Waals surface area (Å²) in [4.78, 5) is 29.0. The van der Waals surface area contributed by atoms with Crippen molar-refractivity contribution in [2.75, 3.05) is 103 Å². The lowest BCUT2D eigenvalue weighted by Gasteiger charge is -2.32. The van der Waals surface area contributed by atoms with Crippen molar-refractivity contribution < 1.29 is 66.4 Å². The minimum Gasteiger partial charge on any atom is -0.493 e. The van der Waals surface area contributed by atoms with E-state index >= 15 is 0 Å². The van der Waals surface area contributed by atoms with Crippen molar-refractivity contribution in [2.45, 2.75) is 156 Å². The van der Waals surface area contributed by atoms with Gasteiger partial charge in [0.2, 0.25) is 11.8 Å². The summed E-state index contributed by atoms with van der Waals surface area (Å²) >= 11 is 6.92. The summed E-state index contributed by atoms with van der Waals surface area (Å²) < 4.78 is 74.2. The molecule has 0 spiro atoms. The lowest BCUT2D eigenvalue weighted by atomic mass is 9.74. The molecule has 588 valence electrons. The minimum atomic E-state index is -1.51. The number of rotatable bonds is 46. The van der Waals surface area contributed by atoms with E-state index in [2.05, 4.69) is 174 Å². The van der Waals surface area contributed by atoms with E-state index in [9.17, 15) is 9.59 Å². The molecule has 2 amide bonds. The van der Waals surface area contributed by atoms with Crippen molar-refractivity contribution in [2.24, 2.45) is 5.41 Å². The largest absolute Gasteiger partial charge is 0.493 e. The van der Waals surface area contributed by atoms with Crippen LogP contribution in [0.1, 0.15) is 155 Å². The predicted molar refractivity (Wildman–Crippen MR) is 443 cm³/mol. The van der Waals surface area contributed by atoms with E-state index in [-0.39, 0.29) is 46.3 Å². The highest BCUT2D eigenvalue weighted by Crippen LogP contribution is 2.35. The molecule has 18 heteroatoms. The van der Waals surface area contributed by atoms with Crippen LogP contribution in [0, 0.1) is 5.41 Å².